The highest BCUT2D eigenvalue weighted by Crippen LogP contribution is 1.93. The molecule has 0 fully saturated rings. The molecular formula is C10H18N2O2. The van der Waals surface area contributed by atoms with E-state index in [9.17, 15) is 9.59 Å². The fourth-order valence-corrected chi connectivity index (χ4v) is 0.521. The van der Waals surface area contributed by atoms with E-state index in [0.29, 0.717) is 0 Å². The summed E-state index contributed by atoms with van der Waals surface area (Å²) in [5.74, 6) is -0.837. The Balaban J connectivity index is 0. The predicted octanol–water partition coefficient (Wildman–Crippen LogP) is 0.876. The molecule has 0 aromatic carbocycles. The number of rotatable bonds is 5. The van der Waals surface area contributed by atoms with Crippen LogP contribution >= 0.6 is 0 Å². The van der Waals surface area contributed by atoms with Gasteiger partial charge in [0.2, 0.25) is 11.8 Å². The molecule has 0 atom stereocenters. The Bertz CT molecular complexity index is 210. The molecule has 4 nitrogen and oxygen atoms in total. The third-order valence-electron chi connectivity index (χ3n) is 1.21. The van der Waals surface area contributed by atoms with Crippen molar-refractivity contribution in [1.82, 2.24) is 0 Å². The monoisotopic (exact) mass is 198 g/mol. The molecular weight excluding hydrogens is 180 g/mol. The zero-order valence-corrected chi connectivity index (χ0v) is 8.53. The van der Waals surface area contributed by atoms with Gasteiger partial charge in [0, 0.05) is 0 Å². The second kappa shape index (κ2) is 11.4. The van der Waals surface area contributed by atoms with Gasteiger partial charge >= 0.3 is 0 Å². The Hall–Kier alpha value is -1.58. The van der Waals surface area contributed by atoms with Crippen LogP contribution in [0.15, 0.2) is 24.8 Å². The van der Waals surface area contributed by atoms with Crippen LogP contribution in [0.25, 0.3) is 0 Å². The average Bonchev–Trinajstić information content (AvgIpc) is 2.13. The summed E-state index contributed by atoms with van der Waals surface area (Å²) in [5.41, 5.74) is 9.38. The fraction of sp³-hybridized carbons (Fsp3) is 0.400. The first-order chi connectivity index (χ1) is 6.54. The van der Waals surface area contributed by atoms with Crippen LogP contribution in [0.1, 0.15) is 26.2 Å². The molecule has 0 aliphatic carbocycles. The minimum Gasteiger partial charge on any atom is -0.366 e. The number of allylic oxidation sites excluding steroid dienone is 1. The second-order valence-corrected chi connectivity index (χ2v) is 2.55. The van der Waals surface area contributed by atoms with Gasteiger partial charge in [-0.15, -0.1) is 0 Å². The largest absolute Gasteiger partial charge is 0.366 e. The molecule has 0 saturated carbocycles. The standard InChI is InChI=1S/C7H13NO.C3H5NO/c1-2-3-4-5-6-7(8)9;1-2-3(4)5/h5-6H,2-4H2,1H3,(H2,8,9);2H,1H2,(H2,4,5). The van der Waals surface area contributed by atoms with Crippen LogP contribution in [0.3, 0.4) is 0 Å². The average molecular weight is 198 g/mol. The molecule has 0 aliphatic rings. The zero-order chi connectivity index (χ0) is 11.4. The number of hydrogen-bond donors (Lipinski definition) is 2. The lowest BCUT2D eigenvalue weighted by molar-refractivity contribution is -0.114. The molecule has 0 aliphatic heterocycles. The highest BCUT2D eigenvalue weighted by molar-refractivity contribution is 5.85. The van der Waals surface area contributed by atoms with Crippen molar-refractivity contribution in [2.75, 3.05) is 0 Å². The molecule has 0 bridgehead atoms. The lowest BCUT2D eigenvalue weighted by atomic mass is 10.2. The Labute approximate surface area is 84.7 Å². The summed E-state index contributed by atoms with van der Waals surface area (Å²) in [5, 5.41) is 0. The van der Waals surface area contributed by atoms with E-state index in [0.717, 1.165) is 25.3 Å². The highest BCUT2D eigenvalue weighted by atomic mass is 16.1. The summed E-state index contributed by atoms with van der Waals surface area (Å²) in [7, 11) is 0. The molecule has 80 valence electrons. The lowest BCUT2D eigenvalue weighted by Gasteiger charge is -1.85. The molecule has 0 saturated heterocycles. The maximum absolute atomic E-state index is 10.1. The molecule has 4 heteroatoms. The van der Waals surface area contributed by atoms with E-state index in [-0.39, 0.29) is 5.91 Å². The van der Waals surface area contributed by atoms with Gasteiger partial charge in [0.05, 0.1) is 0 Å². The molecule has 14 heavy (non-hydrogen) atoms. The smallest absolute Gasteiger partial charge is 0.241 e. The maximum Gasteiger partial charge on any atom is 0.241 e. The lowest BCUT2D eigenvalue weighted by Crippen LogP contribution is -2.05. The van der Waals surface area contributed by atoms with Crippen LogP contribution < -0.4 is 11.5 Å². The van der Waals surface area contributed by atoms with Crippen molar-refractivity contribution in [2.24, 2.45) is 11.5 Å². The van der Waals surface area contributed by atoms with E-state index in [1.165, 1.54) is 6.08 Å². The van der Waals surface area contributed by atoms with Crippen LogP contribution in [0, 0.1) is 0 Å². The molecule has 2 amide bonds. The summed E-state index contributed by atoms with van der Waals surface area (Å²) in [6, 6.07) is 0. The fourth-order valence-electron chi connectivity index (χ4n) is 0.521. The molecule has 0 spiro atoms. The molecule has 0 radical (unpaired) electrons. The molecule has 0 heterocycles. The van der Waals surface area contributed by atoms with E-state index in [1.807, 2.05) is 6.08 Å². The normalized spacial score (nSPS) is 8.93. The molecule has 0 aromatic rings. The van der Waals surface area contributed by atoms with Gasteiger partial charge in [0.25, 0.3) is 0 Å². The topological polar surface area (TPSA) is 86.2 Å². The summed E-state index contributed by atoms with van der Waals surface area (Å²) >= 11 is 0. The Morgan fingerprint density at radius 3 is 2.07 bits per heavy atom. The molecule has 0 unspecified atom stereocenters. The summed E-state index contributed by atoms with van der Waals surface area (Å²) in [6.45, 7) is 5.19. The third kappa shape index (κ3) is 22.4. The quantitative estimate of drug-likeness (QED) is 0.507. The van der Waals surface area contributed by atoms with Gasteiger partial charge in [-0.05, 0) is 18.6 Å². The van der Waals surface area contributed by atoms with Crippen molar-refractivity contribution < 1.29 is 9.59 Å². The first-order valence-corrected chi connectivity index (χ1v) is 4.42. The number of carbonyl (C=O) groups is 2. The van der Waals surface area contributed by atoms with Gasteiger partial charge in [-0.2, -0.15) is 0 Å². The van der Waals surface area contributed by atoms with Crippen LogP contribution in [-0.4, -0.2) is 11.8 Å². The maximum atomic E-state index is 10.1. The zero-order valence-electron chi connectivity index (χ0n) is 8.53. The number of hydrogen-bond acceptors (Lipinski definition) is 2. The first-order valence-electron chi connectivity index (χ1n) is 4.42. The second-order valence-electron chi connectivity index (χ2n) is 2.55. The van der Waals surface area contributed by atoms with Crippen LogP contribution in [0.2, 0.25) is 0 Å². The van der Waals surface area contributed by atoms with Crippen molar-refractivity contribution in [3.8, 4) is 0 Å². The predicted molar refractivity (Wildman–Crippen MR) is 57.3 cm³/mol. The Kier molecular flexibility index (Phi) is 12.2. The number of carbonyl (C=O) groups excluding carboxylic acids is 2. The Morgan fingerprint density at radius 1 is 1.29 bits per heavy atom. The number of amides is 2. The molecule has 4 N–H and O–H groups in total. The minimum atomic E-state index is -0.481. The van der Waals surface area contributed by atoms with Gasteiger partial charge < -0.3 is 11.5 Å². The van der Waals surface area contributed by atoms with Crippen LogP contribution in [-0.2, 0) is 9.59 Å². The van der Waals surface area contributed by atoms with E-state index < -0.39 is 5.91 Å². The van der Waals surface area contributed by atoms with Gasteiger partial charge in [-0.3, -0.25) is 9.59 Å². The van der Waals surface area contributed by atoms with Crippen molar-refractivity contribution in [3.05, 3.63) is 24.8 Å². The van der Waals surface area contributed by atoms with E-state index in [4.69, 9.17) is 5.73 Å². The summed E-state index contributed by atoms with van der Waals surface area (Å²) in [6.07, 6.45) is 7.52. The van der Waals surface area contributed by atoms with E-state index >= 15 is 0 Å². The first kappa shape index (κ1) is 14.9. The van der Waals surface area contributed by atoms with Crippen molar-refractivity contribution in [3.63, 3.8) is 0 Å². The number of nitrogens with two attached hydrogens (primary N) is 2. The third-order valence-corrected chi connectivity index (χ3v) is 1.21. The number of unbranched alkanes of at least 4 members (excludes halogenated alkanes) is 2. The summed E-state index contributed by atoms with van der Waals surface area (Å²) < 4.78 is 0. The Morgan fingerprint density at radius 2 is 1.79 bits per heavy atom. The molecule has 0 rings (SSSR count). The van der Waals surface area contributed by atoms with E-state index in [2.05, 4.69) is 19.2 Å². The van der Waals surface area contributed by atoms with Gasteiger partial charge in [-0.25, -0.2) is 0 Å². The van der Waals surface area contributed by atoms with Crippen LogP contribution in [0.5, 0.6) is 0 Å². The van der Waals surface area contributed by atoms with Crippen molar-refractivity contribution in [1.29, 1.82) is 0 Å². The van der Waals surface area contributed by atoms with Gasteiger partial charge in [0.1, 0.15) is 0 Å². The summed E-state index contributed by atoms with van der Waals surface area (Å²) in [4.78, 5) is 19.6. The van der Waals surface area contributed by atoms with Crippen molar-refractivity contribution in [2.45, 2.75) is 26.2 Å². The highest BCUT2D eigenvalue weighted by Gasteiger charge is 1.81. The van der Waals surface area contributed by atoms with Crippen molar-refractivity contribution >= 4 is 11.8 Å². The molecule has 0 aromatic heterocycles. The minimum absolute atomic E-state index is 0.355. The van der Waals surface area contributed by atoms with Gasteiger partial charge in [-0.1, -0.05) is 32.4 Å². The van der Waals surface area contributed by atoms with E-state index in [1.54, 1.807) is 0 Å². The SMILES string of the molecule is C=CC(N)=O.CCCCC=CC(N)=O. The number of primary amides is 2. The van der Waals surface area contributed by atoms with Crippen LogP contribution in [0.4, 0.5) is 0 Å². The van der Waals surface area contributed by atoms with Gasteiger partial charge in [0.15, 0.2) is 0 Å².